The van der Waals surface area contributed by atoms with Crippen LogP contribution < -0.4 is 5.32 Å². The Morgan fingerprint density at radius 2 is 2.27 bits per heavy atom. The first-order chi connectivity index (χ1) is 14.4. The van der Waals surface area contributed by atoms with E-state index in [2.05, 4.69) is 15.5 Å². The standard InChI is InChI=1S/C17H16N4O6S3/c1-7-19-20-17(30-7)29-6-8-5-28-15-10(14(24)21(15)11(8)16(25)26)18-13(23)12(22)9-3-2-4-27-9/h2-4,10,12,15,22H,5-6H2,1H3,(H,18,23)(H,25,26)/t10-,12-,15-/m1/s1. The topological polar surface area (TPSA) is 146 Å². The molecule has 0 unspecified atom stereocenters. The van der Waals surface area contributed by atoms with E-state index in [4.69, 9.17) is 4.42 Å². The minimum absolute atomic E-state index is 0.0600. The van der Waals surface area contributed by atoms with Gasteiger partial charge in [0.25, 0.3) is 11.8 Å². The minimum atomic E-state index is -1.55. The van der Waals surface area contributed by atoms with Crippen LogP contribution in [0.15, 0.2) is 38.4 Å². The summed E-state index contributed by atoms with van der Waals surface area (Å²) in [6, 6.07) is 2.07. The molecule has 4 heterocycles. The Hall–Kier alpha value is -2.35. The smallest absolute Gasteiger partial charge is 0.352 e. The number of thioether (sulfide) groups is 2. The first kappa shape index (κ1) is 20.9. The maximum absolute atomic E-state index is 12.6. The molecule has 30 heavy (non-hydrogen) atoms. The van der Waals surface area contributed by atoms with Crippen LogP contribution in [-0.2, 0) is 14.4 Å². The SMILES string of the molecule is Cc1nnc(SCC2=C(C(=O)O)N3C(=O)[C@@H](NC(=O)[C@H](O)c4ccco4)[C@H]3SC2)s1. The summed E-state index contributed by atoms with van der Waals surface area (Å²) in [6.45, 7) is 1.83. The number of nitrogens with zero attached hydrogens (tertiary/aromatic N) is 3. The number of carboxylic acid groups (broad SMARTS) is 1. The number of aliphatic hydroxyl groups excluding tert-OH is 1. The number of β-lactam (4-membered cyclic amide) rings is 1. The molecule has 0 spiro atoms. The summed E-state index contributed by atoms with van der Waals surface area (Å²) in [6.07, 6.45) is -0.224. The number of nitrogens with one attached hydrogen (secondary N) is 1. The number of hydrogen-bond acceptors (Lipinski definition) is 10. The molecule has 158 valence electrons. The molecule has 1 fully saturated rings. The highest BCUT2D eigenvalue weighted by molar-refractivity contribution is 8.01. The average molecular weight is 469 g/mol. The number of hydrogen-bond donors (Lipinski definition) is 3. The van der Waals surface area contributed by atoms with Crippen LogP contribution >= 0.6 is 34.9 Å². The van der Waals surface area contributed by atoms with Crippen LogP contribution in [0.3, 0.4) is 0 Å². The van der Waals surface area contributed by atoms with Crippen LogP contribution in [0.4, 0.5) is 0 Å². The summed E-state index contributed by atoms with van der Waals surface area (Å²) in [5.41, 5.74) is 0.546. The van der Waals surface area contributed by atoms with E-state index in [1.807, 2.05) is 6.92 Å². The van der Waals surface area contributed by atoms with Gasteiger partial charge in [0.05, 0.1) is 6.26 Å². The first-order valence-electron chi connectivity index (χ1n) is 8.71. The zero-order valence-corrected chi connectivity index (χ0v) is 17.9. The summed E-state index contributed by atoms with van der Waals surface area (Å²) >= 11 is 4.15. The predicted molar refractivity (Wildman–Crippen MR) is 109 cm³/mol. The molecule has 2 aromatic heterocycles. The van der Waals surface area contributed by atoms with Crippen molar-refractivity contribution in [1.29, 1.82) is 0 Å². The molecule has 2 aliphatic rings. The molecule has 0 bridgehead atoms. The quantitative estimate of drug-likeness (QED) is 0.397. The number of amides is 2. The molecule has 10 nitrogen and oxygen atoms in total. The number of carboxylic acids is 1. The van der Waals surface area contributed by atoms with Gasteiger partial charge in [-0.3, -0.25) is 14.5 Å². The lowest BCUT2D eigenvalue weighted by atomic mass is 10.0. The number of aliphatic hydroxyl groups is 1. The molecule has 1 saturated heterocycles. The summed E-state index contributed by atoms with van der Waals surface area (Å²) in [7, 11) is 0. The number of carbonyl (C=O) groups is 3. The molecule has 0 saturated carbocycles. The minimum Gasteiger partial charge on any atom is -0.477 e. The second kappa shape index (κ2) is 8.41. The Morgan fingerprint density at radius 3 is 2.90 bits per heavy atom. The second-order valence-electron chi connectivity index (χ2n) is 6.45. The number of carbonyl (C=O) groups excluding carboxylic acids is 2. The van der Waals surface area contributed by atoms with Crippen LogP contribution in [0.5, 0.6) is 0 Å². The number of furan rings is 1. The van der Waals surface area contributed by atoms with Crippen molar-refractivity contribution < 1.29 is 29.0 Å². The van der Waals surface area contributed by atoms with E-state index in [1.54, 1.807) is 0 Å². The van der Waals surface area contributed by atoms with Gasteiger partial charge < -0.3 is 19.9 Å². The molecule has 2 aliphatic heterocycles. The molecule has 2 aromatic rings. The Bertz CT molecular complexity index is 1020. The maximum atomic E-state index is 12.6. The van der Waals surface area contributed by atoms with Crippen LogP contribution in [0.2, 0.25) is 0 Å². The fourth-order valence-corrected chi connectivity index (χ4v) is 6.39. The maximum Gasteiger partial charge on any atom is 0.352 e. The summed E-state index contributed by atoms with van der Waals surface area (Å²) in [4.78, 5) is 38.0. The molecule has 13 heteroatoms. The van der Waals surface area contributed by atoms with Gasteiger partial charge in [-0.25, -0.2) is 4.79 Å². The van der Waals surface area contributed by atoms with E-state index in [0.717, 1.165) is 9.35 Å². The van der Waals surface area contributed by atoms with Crippen LogP contribution in [0.1, 0.15) is 16.9 Å². The third-order valence-electron chi connectivity index (χ3n) is 4.49. The molecule has 0 radical (unpaired) electrons. The molecule has 3 N–H and O–H groups in total. The Kier molecular flexibility index (Phi) is 5.86. The normalized spacial score (nSPS) is 21.8. The fourth-order valence-electron chi connectivity index (χ4n) is 3.09. The number of aryl methyl sites for hydroxylation is 1. The highest BCUT2D eigenvalue weighted by Crippen LogP contribution is 2.42. The number of aliphatic carboxylic acids is 1. The van der Waals surface area contributed by atoms with Gasteiger partial charge in [0.1, 0.15) is 27.9 Å². The molecule has 2 amide bonds. The lowest BCUT2D eigenvalue weighted by Crippen LogP contribution is -2.70. The molecular weight excluding hydrogens is 452 g/mol. The number of rotatable bonds is 7. The number of fused-ring (bicyclic) bond motifs is 1. The van der Waals surface area contributed by atoms with Gasteiger partial charge in [0.2, 0.25) is 0 Å². The van der Waals surface area contributed by atoms with Crippen molar-refractivity contribution in [2.45, 2.75) is 28.8 Å². The zero-order valence-electron chi connectivity index (χ0n) is 15.5. The Labute approximate surface area is 182 Å². The van der Waals surface area contributed by atoms with Gasteiger partial charge in [0, 0.05) is 11.5 Å². The van der Waals surface area contributed by atoms with E-state index in [0.29, 0.717) is 17.1 Å². The van der Waals surface area contributed by atoms with Crippen molar-refractivity contribution in [3.8, 4) is 0 Å². The van der Waals surface area contributed by atoms with E-state index >= 15 is 0 Å². The molecule has 4 rings (SSSR count). The van der Waals surface area contributed by atoms with Crippen molar-refractivity contribution in [3.63, 3.8) is 0 Å². The van der Waals surface area contributed by atoms with Gasteiger partial charge >= 0.3 is 5.97 Å². The van der Waals surface area contributed by atoms with Gasteiger partial charge in [-0.1, -0.05) is 23.1 Å². The van der Waals surface area contributed by atoms with Crippen molar-refractivity contribution >= 4 is 52.6 Å². The summed E-state index contributed by atoms with van der Waals surface area (Å²) in [5, 5.41) is 30.4. The molecule has 0 aliphatic carbocycles. The zero-order chi connectivity index (χ0) is 21.4. The van der Waals surface area contributed by atoms with Crippen molar-refractivity contribution in [1.82, 2.24) is 20.4 Å². The molecule has 0 aromatic carbocycles. The first-order valence-corrected chi connectivity index (χ1v) is 11.6. The van der Waals surface area contributed by atoms with Crippen LogP contribution in [0, 0.1) is 6.92 Å². The van der Waals surface area contributed by atoms with Crippen molar-refractivity contribution in [2.24, 2.45) is 0 Å². The van der Waals surface area contributed by atoms with E-state index in [9.17, 15) is 24.6 Å². The summed E-state index contributed by atoms with van der Waals surface area (Å²) < 4.78 is 5.73. The Balaban J connectivity index is 1.46. The van der Waals surface area contributed by atoms with Crippen molar-refractivity contribution in [3.05, 3.63) is 40.4 Å². The second-order valence-corrected chi connectivity index (χ2v) is 9.96. The van der Waals surface area contributed by atoms with Crippen molar-refractivity contribution in [2.75, 3.05) is 11.5 Å². The fraction of sp³-hybridized carbons (Fsp3) is 0.353. The van der Waals surface area contributed by atoms with Crippen LogP contribution in [0.25, 0.3) is 0 Å². The van der Waals surface area contributed by atoms with E-state index in [-0.39, 0.29) is 11.5 Å². The van der Waals surface area contributed by atoms with E-state index in [1.165, 1.54) is 58.2 Å². The predicted octanol–water partition coefficient (Wildman–Crippen LogP) is 1.00. The van der Waals surface area contributed by atoms with Gasteiger partial charge in [-0.05, 0) is 24.6 Å². The third-order valence-corrected chi connectivity index (χ3v) is 7.88. The molecular formula is C17H16N4O6S3. The van der Waals surface area contributed by atoms with Gasteiger partial charge in [0.15, 0.2) is 10.4 Å². The highest BCUT2D eigenvalue weighted by atomic mass is 32.2. The molecule has 3 atom stereocenters. The summed E-state index contributed by atoms with van der Waals surface area (Å²) in [5.74, 6) is -1.68. The average Bonchev–Trinajstić information content (AvgIpc) is 3.40. The van der Waals surface area contributed by atoms with Crippen LogP contribution in [-0.4, -0.2) is 66.0 Å². The monoisotopic (exact) mass is 468 g/mol. The van der Waals surface area contributed by atoms with Gasteiger partial charge in [-0.15, -0.1) is 22.0 Å². The Morgan fingerprint density at radius 1 is 1.47 bits per heavy atom. The largest absolute Gasteiger partial charge is 0.477 e. The van der Waals surface area contributed by atoms with E-state index < -0.39 is 35.3 Å². The third kappa shape index (κ3) is 3.85. The van der Waals surface area contributed by atoms with Gasteiger partial charge in [-0.2, -0.15) is 0 Å². The number of aromatic nitrogens is 2. The lowest BCUT2D eigenvalue weighted by Gasteiger charge is -2.49. The lowest BCUT2D eigenvalue weighted by molar-refractivity contribution is -0.152. The highest BCUT2D eigenvalue weighted by Gasteiger charge is 2.54.